The predicted octanol–water partition coefficient (Wildman–Crippen LogP) is 5.97. The summed E-state index contributed by atoms with van der Waals surface area (Å²) in [5.41, 5.74) is 2.62. The molecule has 4 aliphatic carbocycles. The zero-order valence-electron chi connectivity index (χ0n) is 16.4. The first-order chi connectivity index (χ1) is 11.4. The fourth-order valence-corrected chi connectivity index (χ4v) is 7.90. The van der Waals surface area contributed by atoms with E-state index in [9.17, 15) is 5.11 Å². The Balaban J connectivity index is 1.63. The Morgan fingerprint density at radius 1 is 1.12 bits per heavy atom. The third-order valence-corrected chi connectivity index (χ3v) is 9.48. The predicted molar refractivity (Wildman–Crippen MR) is 101 cm³/mol. The largest absolute Gasteiger partial charge is 0.393 e. The highest BCUT2D eigenvalue weighted by molar-refractivity contribution is 5.25. The fraction of sp³-hybridized carbons (Fsp3) is 0.913. The van der Waals surface area contributed by atoms with E-state index in [1.165, 1.54) is 44.9 Å². The SMILES string of the molecule is CCC(C)C1CCC2C3CC=C4C[C@H](O)CC[C@@]4(C)C3CC[C@@]12C. The Kier molecular flexibility index (Phi) is 4.18. The molecule has 0 bridgehead atoms. The van der Waals surface area contributed by atoms with Crippen molar-refractivity contribution in [1.29, 1.82) is 0 Å². The molecule has 0 aromatic heterocycles. The van der Waals surface area contributed by atoms with Crippen LogP contribution >= 0.6 is 0 Å². The summed E-state index contributed by atoms with van der Waals surface area (Å²) in [5, 5.41) is 10.1. The molecule has 24 heavy (non-hydrogen) atoms. The fourth-order valence-electron chi connectivity index (χ4n) is 7.90. The molecule has 5 unspecified atom stereocenters. The van der Waals surface area contributed by atoms with E-state index in [0.29, 0.717) is 10.8 Å². The molecule has 0 spiro atoms. The van der Waals surface area contributed by atoms with Crippen LogP contribution in [0.25, 0.3) is 0 Å². The van der Waals surface area contributed by atoms with Gasteiger partial charge >= 0.3 is 0 Å². The molecule has 0 aliphatic heterocycles. The highest BCUT2D eigenvalue weighted by Crippen LogP contribution is 2.67. The Morgan fingerprint density at radius 3 is 2.67 bits per heavy atom. The summed E-state index contributed by atoms with van der Waals surface area (Å²) in [7, 11) is 0. The third kappa shape index (κ3) is 2.29. The number of rotatable bonds is 2. The van der Waals surface area contributed by atoms with E-state index in [1.54, 1.807) is 5.57 Å². The van der Waals surface area contributed by atoms with Gasteiger partial charge in [0.15, 0.2) is 0 Å². The average Bonchev–Trinajstić information content (AvgIpc) is 2.92. The molecule has 0 saturated heterocycles. The second-order valence-corrected chi connectivity index (χ2v) is 10.3. The van der Waals surface area contributed by atoms with E-state index in [2.05, 4.69) is 33.8 Å². The summed E-state index contributed by atoms with van der Waals surface area (Å²) in [6.07, 6.45) is 14.2. The number of hydrogen-bond donors (Lipinski definition) is 1. The van der Waals surface area contributed by atoms with Crippen molar-refractivity contribution in [2.24, 2.45) is 40.4 Å². The molecule has 1 N–H and O–H groups in total. The lowest BCUT2D eigenvalue weighted by Gasteiger charge is -2.58. The van der Waals surface area contributed by atoms with Gasteiger partial charge in [-0.15, -0.1) is 0 Å². The van der Waals surface area contributed by atoms with Crippen LogP contribution in [-0.2, 0) is 0 Å². The minimum atomic E-state index is -0.0732. The minimum Gasteiger partial charge on any atom is -0.393 e. The molecule has 1 heteroatoms. The molecule has 0 heterocycles. The van der Waals surface area contributed by atoms with Crippen LogP contribution in [0.5, 0.6) is 0 Å². The molecule has 0 aromatic rings. The Morgan fingerprint density at radius 2 is 1.92 bits per heavy atom. The van der Waals surface area contributed by atoms with Gasteiger partial charge in [-0.1, -0.05) is 45.8 Å². The van der Waals surface area contributed by atoms with Gasteiger partial charge in [-0.05, 0) is 91.8 Å². The van der Waals surface area contributed by atoms with Crippen LogP contribution in [0.3, 0.4) is 0 Å². The maximum Gasteiger partial charge on any atom is 0.0577 e. The summed E-state index contributed by atoms with van der Waals surface area (Å²) < 4.78 is 0. The first-order valence-electron chi connectivity index (χ1n) is 10.8. The molecule has 0 radical (unpaired) electrons. The second kappa shape index (κ2) is 5.86. The smallest absolute Gasteiger partial charge is 0.0577 e. The lowest BCUT2D eigenvalue weighted by atomic mass is 9.47. The van der Waals surface area contributed by atoms with E-state index >= 15 is 0 Å². The molecule has 1 nitrogen and oxygen atoms in total. The lowest BCUT2D eigenvalue weighted by Crippen LogP contribution is -2.50. The van der Waals surface area contributed by atoms with Gasteiger partial charge in [0.25, 0.3) is 0 Å². The van der Waals surface area contributed by atoms with E-state index < -0.39 is 0 Å². The third-order valence-electron chi connectivity index (χ3n) is 9.48. The molecule has 4 rings (SSSR count). The van der Waals surface area contributed by atoms with Crippen LogP contribution in [0.15, 0.2) is 11.6 Å². The van der Waals surface area contributed by atoms with Gasteiger partial charge in [-0.2, -0.15) is 0 Å². The topological polar surface area (TPSA) is 20.2 Å². The summed E-state index contributed by atoms with van der Waals surface area (Å²) in [5.74, 6) is 4.61. The maximum atomic E-state index is 10.1. The first-order valence-corrected chi connectivity index (χ1v) is 10.8. The van der Waals surface area contributed by atoms with E-state index in [4.69, 9.17) is 0 Å². The van der Waals surface area contributed by atoms with Gasteiger partial charge in [-0.3, -0.25) is 0 Å². The van der Waals surface area contributed by atoms with Crippen LogP contribution < -0.4 is 0 Å². The molecular formula is C23H38O. The van der Waals surface area contributed by atoms with E-state index in [0.717, 1.165) is 42.4 Å². The van der Waals surface area contributed by atoms with Gasteiger partial charge in [-0.25, -0.2) is 0 Å². The standard InChI is InChI=1S/C23H38O/c1-5-15(2)19-8-9-20-18-7-6-16-14-17(24)10-12-22(16,3)21(18)11-13-23(19,20)4/h6,15,17-21,24H,5,7-14H2,1-4H3/t15?,17-,18?,19?,20?,21?,22-,23+/m1/s1. The highest BCUT2D eigenvalue weighted by atomic mass is 16.3. The molecule has 0 aromatic carbocycles. The quantitative estimate of drug-likeness (QED) is 0.618. The molecule has 4 aliphatic rings. The van der Waals surface area contributed by atoms with Crippen molar-refractivity contribution in [3.05, 3.63) is 11.6 Å². The van der Waals surface area contributed by atoms with Crippen molar-refractivity contribution in [1.82, 2.24) is 0 Å². The van der Waals surface area contributed by atoms with Gasteiger partial charge in [0.05, 0.1) is 6.10 Å². The van der Waals surface area contributed by atoms with Crippen molar-refractivity contribution in [2.45, 2.75) is 91.6 Å². The molecule has 8 atom stereocenters. The summed E-state index contributed by atoms with van der Waals surface area (Å²) >= 11 is 0. The average molecular weight is 331 g/mol. The molecule has 136 valence electrons. The van der Waals surface area contributed by atoms with Crippen LogP contribution in [0.4, 0.5) is 0 Å². The molecule has 0 amide bonds. The molecule has 3 fully saturated rings. The van der Waals surface area contributed by atoms with Crippen LogP contribution in [0.1, 0.15) is 85.5 Å². The number of fused-ring (bicyclic) bond motifs is 5. The van der Waals surface area contributed by atoms with Crippen molar-refractivity contribution in [3.63, 3.8) is 0 Å². The summed E-state index contributed by atoms with van der Waals surface area (Å²) in [6, 6.07) is 0. The van der Waals surface area contributed by atoms with Gasteiger partial charge < -0.3 is 5.11 Å². The molecular weight excluding hydrogens is 292 g/mol. The number of allylic oxidation sites excluding steroid dienone is 1. The number of hydrogen-bond acceptors (Lipinski definition) is 1. The van der Waals surface area contributed by atoms with Gasteiger partial charge in [0.2, 0.25) is 0 Å². The van der Waals surface area contributed by atoms with Crippen molar-refractivity contribution in [3.8, 4) is 0 Å². The Bertz CT molecular complexity index is 522. The van der Waals surface area contributed by atoms with Crippen LogP contribution in [0, 0.1) is 40.4 Å². The Labute approximate surface area is 149 Å². The normalized spacial score (nSPS) is 52.0. The number of aliphatic hydroxyl groups is 1. The van der Waals surface area contributed by atoms with Crippen molar-refractivity contribution in [2.75, 3.05) is 0 Å². The van der Waals surface area contributed by atoms with Crippen LogP contribution in [0.2, 0.25) is 0 Å². The zero-order chi connectivity index (χ0) is 17.1. The van der Waals surface area contributed by atoms with Gasteiger partial charge in [0, 0.05) is 0 Å². The number of aliphatic hydroxyl groups excluding tert-OH is 1. The van der Waals surface area contributed by atoms with E-state index in [1.807, 2.05) is 0 Å². The van der Waals surface area contributed by atoms with Crippen LogP contribution in [-0.4, -0.2) is 11.2 Å². The lowest BCUT2D eigenvalue weighted by molar-refractivity contribution is -0.0568. The van der Waals surface area contributed by atoms with Crippen molar-refractivity contribution < 1.29 is 5.11 Å². The summed E-state index contributed by atoms with van der Waals surface area (Å²) in [6.45, 7) is 10.1. The highest BCUT2D eigenvalue weighted by Gasteiger charge is 2.58. The maximum absolute atomic E-state index is 10.1. The molecule has 3 saturated carbocycles. The van der Waals surface area contributed by atoms with E-state index in [-0.39, 0.29) is 6.10 Å². The Hall–Kier alpha value is -0.300. The van der Waals surface area contributed by atoms with Gasteiger partial charge in [0.1, 0.15) is 0 Å². The van der Waals surface area contributed by atoms with Crippen molar-refractivity contribution >= 4 is 0 Å². The second-order valence-electron chi connectivity index (χ2n) is 10.3. The minimum absolute atomic E-state index is 0.0732. The summed E-state index contributed by atoms with van der Waals surface area (Å²) in [4.78, 5) is 0. The first kappa shape index (κ1) is 17.1. The zero-order valence-corrected chi connectivity index (χ0v) is 16.4. The monoisotopic (exact) mass is 330 g/mol.